The number of imidazole rings is 1. The normalized spacial score (nSPS) is 11.3. The maximum atomic E-state index is 12.6. The van der Waals surface area contributed by atoms with Crippen LogP contribution in [0.5, 0.6) is 0 Å². The van der Waals surface area contributed by atoms with Crippen molar-refractivity contribution in [3.8, 4) is 22.4 Å². The summed E-state index contributed by atoms with van der Waals surface area (Å²) in [6, 6.07) is 16.4. The molecule has 2 aromatic heterocycles. The van der Waals surface area contributed by atoms with Crippen LogP contribution in [-0.4, -0.2) is 19.3 Å². The Morgan fingerprint density at radius 2 is 1.62 bits per heavy atom. The second kappa shape index (κ2) is 6.33. The van der Waals surface area contributed by atoms with Gasteiger partial charge in [-0.2, -0.15) is 5.10 Å². The van der Waals surface area contributed by atoms with Crippen molar-refractivity contribution < 1.29 is 0 Å². The number of benzene rings is 2. The third kappa shape index (κ3) is 2.39. The fourth-order valence-electron chi connectivity index (χ4n) is 3.67. The number of aromatic nitrogens is 4. The van der Waals surface area contributed by atoms with Gasteiger partial charge in [0.2, 0.25) is 0 Å². The number of nitrogens with zero attached hydrogens (tertiary/aromatic N) is 3. The zero-order chi connectivity index (χ0) is 18.3. The number of nitrogens with one attached hydrogen (secondary N) is 1. The Kier molecular flexibility index (Phi) is 3.99. The van der Waals surface area contributed by atoms with Crippen LogP contribution in [-0.2, 0) is 13.1 Å². The summed E-state index contributed by atoms with van der Waals surface area (Å²) in [6.45, 7) is 7.36. The molecule has 0 fully saturated rings. The van der Waals surface area contributed by atoms with Crippen molar-refractivity contribution in [2.45, 2.75) is 33.9 Å². The highest BCUT2D eigenvalue weighted by atomic mass is 16.1. The average molecular weight is 346 g/mol. The first kappa shape index (κ1) is 16.4. The summed E-state index contributed by atoms with van der Waals surface area (Å²) in [6.07, 6.45) is 0. The van der Waals surface area contributed by atoms with E-state index in [1.54, 1.807) is 0 Å². The van der Waals surface area contributed by atoms with Crippen LogP contribution in [0.3, 0.4) is 0 Å². The van der Waals surface area contributed by atoms with Crippen molar-refractivity contribution in [1.82, 2.24) is 19.3 Å². The van der Waals surface area contributed by atoms with Crippen LogP contribution in [0.4, 0.5) is 0 Å². The molecule has 1 N–H and O–H groups in total. The molecule has 5 nitrogen and oxygen atoms in total. The van der Waals surface area contributed by atoms with Crippen LogP contribution in [0.15, 0.2) is 53.3 Å². The minimum Gasteiger partial charge on any atom is -0.292 e. The van der Waals surface area contributed by atoms with Crippen LogP contribution < -0.4 is 5.69 Å². The zero-order valence-corrected chi connectivity index (χ0v) is 15.3. The molecule has 0 atom stereocenters. The molecule has 4 rings (SSSR count). The van der Waals surface area contributed by atoms with Crippen LogP contribution in [0.2, 0.25) is 0 Å². The van der Waals surface area contributed by atoms with E-state index in [0.29, 0.717) is 13.1 Å². The van der Waals surface area contributed by atoms with Crippen LogP contribution >= 0.6 is 0 Å². The molecule has 0 amide bonds. The molecule has 0 saturated carbocycles. The van der Waals surface area contributed by atoms with E-state index in [1.165, 1.54) is 0 Å². The predicted molar refractivity (Wildman–Crippen MR) is 105 cm³/mol. The highest BCUT2D eigenvalue weighted by Gasteiger charge is 2.17. The number of aromatic amines is 1. The van der Waals surface area contributed by atoms with E-state index in [-0.39, 0.29) is 5.69 Å². The van der Waals surface area contributed by atoms with Gasteiger partial charge < -0.3 is 0 Å². The molecule has 5 heteroatoms. The summed E-state index contributed by atoms with van der Waals surface area (Å²) in [5, 5.41) is 7.64. The summed E-state index contributed by atoms with van der Waals surface area (Å²) >= 11 is 0. The quantitative estimate of drug-likeness (QED) is 0.602. The molecule has 2 heterocycles. The highest BCUT2D eigenvalue weighted by molar-refractivity contribution is 5.88. The van der Waals surface area contributed by atoms with E-state index < -0.39 is 0 Å². The molecule has 0 aliphatic heterocycles. The van der Waals surface area contributed by atoms with Gasteiger partial charge in [-0.25, -0.2) is 4.79 Å². The molecule has 132 valence electrons. The van der Waals surface area contributed by atoms with Gasteiger partial charge in [0, 0.05) is 29.9 Å². The van der Waals surface area contributed by atoms with Gasteiger partial charge in [0.25, 0.3) is 0 Å². The second-order valence-corrected chi connectivity index (χ2v) is 6.41. The Morgan fingerprint density at radius 1 is 0.923 bits per heavy atom. The predicted octanol–water partition coefficient (Wildman–Crippen LogP) is 4.21. The lowest BCUT2D eigenvalue weighted by Gasteiger charge is -2.07. The van der Waals surface area contributed by atoms with Gasteiger partial charge >= 0.3 is 5.69 Å². The largest absolute Gasteiger partial charge is 0.329 e. The SMILES string of the molecule is CCn1c(=O)n(CC)c2cc(-c3c(-c4ccccc4)n[nH]c3C)ccc21. The fraction of sp³-hybridized carbons (Fsp3) is 0.238. The van der Waals surface area contributed by atoms with Crippen molar-refractivity contribution in [3.63, 3.8) is 0 Å². The smallest absolute Gasteiger partial charge is 0.292 e. The summed E-state index contributed by atoms with van der Waals surface area (Å²) in [4.78, 5) is 12.6. The molecule has 26 heavy (non-hydrogen) atoms. The first-order chi connectivity index (χ1) is 12.7. The molecular formula is C21H22N4O. The van der Waals surface area contributed by atoms with Crippen molar-refractivity contribution >= 4 is 11.0 Å². The Hall–Kier alpha value is -3.08. The Bertz CT molecular complexity index is 1130. The van der Waals surface area contributed by atoms with E-state index in [2.05, 4.69) is 34.5 Å². The lowest BCUT2D eigenvalue weighted by molar-refractivity contribution is 0.671. The third-order valence-corrected chi connectivity index (χ3v) is 4.93. The second-order valence-electron chi connectivity index (χ2n) is 6.41. The Balaban J connectivity index is 1.97. The summed E-state index contributed by atoms with van der Waals surface area (Å²) in [5.74, 6) is 0. The minimum absolute atomic E-state index is 0.0503. The molecule has 0 saturated heterocycles. The van der Waals surface area contributed by atoms with E-state index >= 15 is 0 Å². The van der Waals surface area contributed by atoms with Crippen molar-refractivity contribution in [2.75, 3.05) is 0 Å². The maximum absolute atomic E-state index is 12.6. The molecule has 0 spiro atoms. The molecule has 0 unspecified atom stereocenters. The van der Waals surface area contributed by atoms with Gasteiger partial charge in [-0.05, 0) is 38.5 Å². The number of hydrogen-bond donors (Lipinski definition) is 1. The molecule has 0 bridgehead atoms. The van der Waals surface area contributed by atoms with Gasteiger partial charge in [0.1, 0.15) is 5.69 Å². The maximum Gasteiger partial charge on any atom is 0.329 e. The van der Waals surface area contributed by atoms with E-state index in [4.69, 9.17) is 0 Å². The van der Waals surface area contributed by atoms with Gasteiger partial charge in [-0.15, -0.1) is 0 Å². The van der Waals surface area contributed by atoms with Crippen molar-refractivity contribution in [3.05, 3.63) is 64.7 Å². The molecule has 0 radical (unpaired) electrons. The van der Waals surface area contributed by atoms with Crippen LogP contribution in [0.1, 0.15) is 19.5 Å². The topological polar surface area (TPSA) is 55.6 Å². The van der Waals surface area contributed by atoms with Crippen LogP contribution in [0.25, 0.3) is 33.4 Å². The summed E-state index contributed by atoms with van der Waals surface area (Å²) < 4.78 is 3.66. The number of aryl methyl sites for hydroxylation is 3. The van der Waals surface area contributed by atoms with Gasteiger partial charge in [0.15, 0.2) is 0 Å². The standard InChI is InChI=1S/C21H22N4O/c1-4-24-17-12-11-16(13-18(17)25(5-2)21(24)26)19-14(3)22-23-20(19)15-9-7-6-8-10-15/h6-13H,4-5H2,1-3H3,(H,22,23). The van der Waals surface area contributed by atoms with Gasteiger partial charge in [-0.3, -0.25) is 14.2 Å². The molecule has 2 aromatic carbocycles. The van der Waals surface area contributed by atoms with E-state index in [9.17, 15) is 4.79 Å². The summed E-state index contributed by atoms with van der Waals surface area (Å²) in [7, 11) is 0. The number of rotatable bonds is 4. The van der Waals surface area contributed by atoms with Gasteiger partial charge in [-0.1, -0.05) is 36.4 Å². The Labute approximate surface area is 151 Å². The third-order valence-electron chi connectivity index (χ3n) is 4.93. The first-order valence-corrected chi connectivity index (χ1v) is 8.99. The minimum atomic E-state index is 0.0503. The number of H-pyrrole nitrogens is 1. The van der Waals surface area contributed by atoms with Crippen molar-refractivity contribution in [1.29, 1.82) is 0 Å². The lowest BCUT2D eigenvalue weighted by Crippen LogP contribution is -2.22. The fourth-order valence-corrected chi connectivity index (χ4v) is 3.67. The highest BCUT2D eigenvalue weighted by Crippen LogP contribution is 2.34. The van der Waals surface area contributed by atoms with E-state index in [1.807, 2.05) is 54.2 Å². The molecule has 0 aliphatic rings. The zero-order valence-electron chi connectivity index (χ0n) is 15.3. The van der Waals surface area contributed by atoms with Gasteiger partial charge in [0.05, 0.1) is 11.0 Å². The molecular weight excluding hydrogens is 324 g/mol. The number of hydrogen-bond acceptors (Lipinski definition) is 2. The van der Waals surface area contributed by atoms with Crippen molar-refractivity contribution in [2.24, 2.45) is 0 Å². The average Bonchev–Trinajstić information content (AvgIpc) is 3.18. The molecule has 0 aliphatic carbocycles. The van der Waals surface area contributed by atoms with E-state index in [0.717, 1.165) is 39.1 Å². The lowest BCUT2D eigenvalue weighted by atomic mass is 9.99. The Morgan fingerprint density at radius 3 is 2.31 bits per heavy atom. The monoisotopic (exact) mass is 346 g/mol. The number of fused-ring (bicyclic) bond motifs is 1. The van der Waals surface area contributed by atoms with Crippen LogP contribution in [0, 0.1) is 6.92 Å². The summed E-state index contributed by atoms with van der Waals surface area (Å²) in [5.41, 5.74) is 7.17. The first-order valence-electron chi connectivity index (χ1n) is 8.99. The molecule has 4 aromatic rings.